The third-order valence-corrected chi connectivity index (χ3v) is 4.83. The van der Waals surface area contributed by atoms with Crippen LogP contribution in [0, 0.1) is 5.82 Å². The van der Waals surface area contributed by atoms with Crippen molar-refractivity contribution in [1.29, 1.82) is 0 Å². The summed E-state index contributed by atoms with van der Waals surface area (Å²) in [5, 5.41) is 0.131. The number of halogens is 2. The molecule has 2 aromatic rings. The SMILES string of the molecule is O=c1[nH]c(C2CC2)nc2c1CN(Cc1ccc(Cl)c(F)c1)CC2. The molecule has 6 heteroatoms. The summed E-state index contributed by atoms with van der Waals surface area (Å²) >= 11 is 5.71. The van der Waals surface area contributed by atoms with Gasteiger partial charge in [0.15, 0.2) is 0 Å². The van der Waals surface area contributed by atoms with Crippen molar-refractivity contribution in [2.24, 2.45) is 0 Å². The van der Waals surface area contributed by atoms with Gasteiger partial charge in [0.25, 0.3) is 5.56 Å². The third kappa shape index (κ3) is 3.03. The highest BCUT2D eigenvalue weighted by atomic mass is 35.5. The summed E-state index contributed by atoms with van der Waals surface area (Å²) in [5.41, 5.74) is 2.50. The Bertz CT molecular complexity index is 816. The van der Waals surface area contributed by atoms with E-state index in [0.717, 1.165) is 48.5 Å². The Labute approximate surface area is 138 Å². The van der Waals surface area contributed by atoms with Crippen molar-refractivity contribution >= 4 is 11.6 Å². The first-order valence-electron chi connectivity index (χ1n) is 7.88. The normalized spacial score (nSPS) is 18.0. The molecule has 1 N–H and O–H groups in total. The van der Waals surface area contributed by atoms with Gasteiger partial charge in [-0.3, -0.25) is 9.69 Å². The molecule has 1 aliphatic heterocycles. The second kappa shape index (κ2) is 5.73. The molecule has 1 saturated carbocycles. The smallest absolute Gasteiger partial charge is 0.255 e. The summed E-state index contributed by atoms with van der Waals surface area (Å²) in [4.78, 5) is 22.0. The lowest BCUT2D eigenvalue weighted by Gasteiger charge is -2.27. The maximum absolute atomic E-state index is 13.5. The lowest BCUT2D eigenvalue weighted by molar-refractivity contribution is 0.241. The monoisotopic (exact) mass is 333 g/mol. The molecule has 4 rings (SSSR count). The molecule has 0 spiro atoms. The molecular formula is C17H17ClFN3O. The minimum Gasteiger partial charge on any atom is -0.310 e. The van der Waals surface area contributed by atoms with Crippen LogP contribution in [0.3, 0.4) is 0 Å². The zero-order valence-electron chi connectivity index (χ0n) is 12.6. The van der Waals surface area contributed by atoms with Crippen LogP contribution < -0.4 is 5.56 Å². The largest absolute Gasteiger partial charge is 0.310 e. The van der Waals surface area contributed by atoms with Crippen LogP contribution >= 0.6 is 11.6 Å². The van der Waals surface area contributed by atoms with E-state index in [1.54, 1.807) is 6.07 Å². The van der Waals surface area contributed by atoms with Gasteiger partial charge in [0.1, 0.15) is 11.6 Å². The Hall–Kier alpha value is -1.72. The van der Waals surface area contributed by atoms with Crippen molar-refractivity contribution < 1.29 is 4.39 Å². The standard InChI is InChI=1S/C17H17ClFN3O/c18-13-4-1-10(7-14(13)19)8-22-6-5-15-12(9-22)17(23)21-16(20-15)11-2-3-11/h1,4,7,11H,2-3,5-6,8-9H2,(H,20,21,23). The predicted octanol–water partition coefficient (Wildman–Crippen LogP) is 3.00. The number of hydrogen-bond donors (Lipinski definition) is 1. The zero-order valence-corrected chi connectivity index (χ0v) is 13.4. The zero-order chi connectivity index (χ0) is 16.0. The number of aromatic nitrogens is 2. The first kappa shape index (κ1) is 14.8. The summed E-state index contributed by atoms with van der Waals surface area (Å²) in [5.74, 6) is 0.889. The molecular weight excluding hydrogens is 317 g/mol. The number of H-pyrrole nitrogens is 1. The Kier molecular flexibility index (Phi) is 3.70. The van der Waals surface area contributed by atoms with E-state index in [0.29, 0.717) is 19.0 Å². The predicted molar refractivity (Wildman–Crippen MR) is 86.1 cm³/mol. The van der Waals surface area contributed by atoms with Gasteiger partial charge in [0.05, 0.1) is 16.3 Å². The number of nitrogens with one attached hydrogen (secondary N) is 1. The Morgan fingerprint density at radius 2 is 2.22 bits per heavy atom. The van der Waals surface area contributed by atoms with Crippen LogP contribution in [0.25, 0.3) is 0 Å². The lowest BCUT2D eigenvalue weighted by Crippen LogP contribution is -2.35. The average molecular weight is 334 g/mol. The van der Waals surface area contributed by atoms with E-state index < -0.39 is 5.82 Å². The van der Waals surface area contributed by atoms with Crippen LogP contribution in [-0.4, -0.2) is 21.4 Å². The maximum Gasteiger partial charge on any atom is 0.255 e. The second-order valence-corrected chi connectivity index (χ2v) is 6.77. The van der Waals surface area contributed by atoms with Crippen LogP contribution in [-0.2, 0) is 19.5 Å². The van der Waals surface area contributed by atoms with Gasteiger partial charge in [-0.15, -0.1) is 0 Å². The number of rotatable bonds is 3. The molecule has 0 radical (unpaired) electrons. The minimum atomic E-state index is -0.407. The lowest BCUT2D eigenvalue weighted by atomic mass is 10.1. The summed E-state index contributed by atoms with van der Waals surface area (Å²) in [6, 6.07) is 4.84. The second-order valence-electron chi connectivity index (χ2n) is 6.36. The van der Waals surface area contributed by atoms with Gasteiger partial charge in [0, 0.05) is 32.0 Å². The molecule has 4 nitrogen and oxygen atoms in total. The van der Waals surface area contributed by atoms with E-state index in [2.05, 4.69) is 14.9 Å². The van der Waals surface area contributed by atoms with E-state index >= 15 is 0 Å². The van der Waals surface area contributed by atoms with Gasteiger partial charge in [-0.2, -0.15) is 0 Å². The van der Waals surface area contributed by atoms with E-state index in [9.17, 15) is 9.18 Å². The molecule has 0 saturated heterocycles. The van der Waals surface area contributed by atoms with Gasteiger partial charge in [-0.1, -0.05) is 17.7 Å². The quantitative estimate of drug-likeness (QED) is 0.939. The molecule has 23 heavy (non-hydrogen) atoms. The summed E-state index contributed by atoms with van der Waals surface area (Å²) in [6.45, 7) is 1.96. The van der Waals surface area contributed by atoms with E-state index in [1.165, 1.54) is 6.07 Å². The Morgan fingerprint density at radius 3 is 2.96 bits per heavy atom. The van der Waals surface area contributed by atoms with Crippen LogP contribution in [0.1, 0.15) is 41.4 Å². The van der Waals surface area contributed by atoms with Gasteiger partial charge in [-0.05, 0) is 30.5 Å². The van der Waals surface area contributed by atoms with E-state index in [4.69, 9.17) is 11.6 Å². The first-order valence-corrected chi connectivity index (χ1v) is 8.26. The molecule has 2 aliphatic rings. The van der Waals surface area contributed by atoms with Crippen LogP contribution in [0.2, 0.25) is 5.02 Å². The third-order valence-electron chi connectivity index (χ3n) is 4.52. The van der Waals surface area contributed by atoms with Gasteiger partial charge >= 0.3 is 0 Å². The van der Waals surface area contributed by atoms with Crippen molar-refractivity contribution in [2.75, 3.05) is 6.54 Å². The minimum absolute atomic E-state index is 0.0242. The summed E-state index contributed by atoms with van der Waals surface area (Å²) in [7, 11) is 0. The number of fused-ring (bicyclic) bond motifs is 1. The molecule has 1 aromatic carbocycles. The highest BCUT2D eigenvalue weighted by molar-refractivity contribution is 6.30. The molecule has 0 unspecified atom stereocenters. The number of hydrogen-bond acceptors (Lipinski definition) is 3. The molecule has 0 amide bonds. The van der Waals surface area contributed by atoms with Crippen molar-refractivity contribution in [3.8, 4) is 0 Å². The highest BCUT2D eigenvalue weighted by Gasteiger charge is 2.29. The molecule has 1 aromatic heterocycles. The number of nitrogens with zero attached hydrogens (tertiary/aromatic N) is 2. The molecule has 0 atom stereocenters. The summed E-state index contributed by atoms with van der Waals surface area (Å²) in [6.07, 6.45) is 3.00. The number of benzene rings is 1. The first-order chi connectivity index (χ1) is 11.1. The summed E-state index contributed by atoms with van der Waals surface area (Å²) < 4.78 is 13.5. The van der Waals surface area contributed by atoms with E-state index in [-0.39, 0.29) is 10.6 Å². The van der Waals surface area contributed by atoms with E-state index in [1.807, 2.05) is 6.07 Å². The highest BCUT2D eigenvalue weighted by Crippen LogP contribution is 2.37. The van der Waals surface area contributed by atoms with Crippen molar-refractivity contribution in [1.82, 2.24) is 14.9 Å². The molecule has 1 fully saturated rings. The van der Waals surface area contributed by atoms with Crippen molar-refractivity contribution in [3.63, 3.8) is 0 Å². The van der Waals surface area contributed by atoms with Crippen LogP contribution in [0.5, 0.6) is 0 Å². The number of aromatic amines is 1. The maximum atomic E-state index is 13.5. The van der Waals surface area contributed by atoms with Crippen molar-refractivity contribution in [3.05, 3.63) is 62.0 Å². The van der Waals surface area contributed by atoms with Gasteiger partial charge in [-0.25, -0.2) is 9.37 Å². The Balaban J connectivity index is 1.54. The molecule has 120 valence electrons. The molecule has 2 heterocycles. The van der Waals surface area contributed by atoms with Gasteiger partial charge < -0.3 is 4.98 Å². The topological polar surface area (TPSA) is 49.0 Å². The van der Waals surface area contributed by atoms with Gasteiger partial charge in [0.2, 0.25) is 0 Å². The fourth-order valence-electron chi connectivity index (χ4n) is 3.08. The van der Waals surface area contributed by atoms with Crippen molar-refractivity contribution in [2.45, 2.75) is 38.3 Å². The average Bonchev–Trinajstić information content (AvgIpc) is 3.36. The fraction of sp³-hybridized carbons (Fsp3) is 0.412. The van der Waals surface area contributed by atoms with Crippen LogP contribution in [0.4, 0.5) is 4.39 Å². The Morgan fingerprint density at radius 1 is 1.39 bits per heavy atom. The molecule has 0 bridgehead atoms. The fourth-order valence-corrected chi connectivity index (χ4v) is 3.20. The van der Waals surface area contributed by atoms with Crippen LogP contribution in [0.15, 0.2) is 23.0 Å². The molecule has 1 aliphatic carbocycles.